The molecule has 1 unspecified atom stereocenters. The van der Waals surface area contributed by atoms with Crippen molar-refractivity contribution in [2.75, 3.05) is 13.2 Å². The van der Waals surface area contributed by atoms with Crippen LogP contribution in [0, 0.1) is 11.8 Å². The first kappa shape index (κ1) is 57.4. The zero-order chi connectivity index (χ0) is 43.3. The van der Waals surface area contributed by atoms with Crippen molar-refractivity contribution in [1.82, 2.24) is 0 Å². The minimum absolute atomic E-state index is 0.0647. The first-order chi connectivity index (χ1) is 28.8. The first-order valence-electron chi connectivity index (χ1n) is 26.3. The summed E-state index contributed by atoms with van der Waals surface area (Å²) in [4.78, 5) is 37.9. The molecule has 0 radical (unpaired) electrons. The number of carbonyl (C=O) groups is 3. The zero-order valence-corrected chi connectivity index (χ0v) is 40.4. The third-order valence-corrected chi connectivity index (χ3v) is 12.3. The normalized spacial score (nSPS) is 12.5. The topological polar surface area (TPSA) is 78.9 Å². The van der Waals surface area contributed by atoms with Crippen molar-refractivity contribution < 1.29 is 28.6 Å². The highest BCUT2D eigenvalue weighted by Crippen LogP contribution is 2.18. The van der Waals surface area contributed by atoms with Crippen LogP contribution in [0.15, 0.2) is 0 Å². The Bertz CT molecular complexity index is 902. The molecular formula is C53H102O6. The highest BCUT2D eigenvalue weighted by molar-refractivity contribution is 5.71. The molecule has 350 valence electrons. The minimum atomic E-state index is -0.762. The standard InChI is InChI=1S/C53H102O6/c1-6-8-9-10-11-12-13-14-15-16-17-18-19-20-25-28-35-40-45-53(56)59-50(47-58-52(55)44-39-34-30-29-32-37-42-49(5)7-2)46-57-51(54)43-38-33-27-24-22-21-23-26-31-36-41-48(3)4/h48-50H,6-47H2,1-5H3/t49?,50-/m0/s1. The van der Waals surface area contributed by atoms with Crippen molar-refractivity contribution in [3.63, 3.8) is 0 Å². The third kappa shape index (κ3) is 45.8. The Morgan fingerprint density at radius 3 is 0.966 bits per heavy atom. The first-order valence-corrected chi connectivity index (χ1v) is 26.3. The van der Waals surface area contributed by atoms with Gasteiger partial charge in [0.1, 0.15) is 13.2 Å². The average molecular weight is 835 g/mol. The Balaban J connectivity index is 4.28. The van der Waals surface area contributed by atoms with E-state index < -0.39 is 6.10 Å². The Hall–Kier alpha value is -1.59. The van der Waals surface area contributed by atoms with Crippen LogP contribution < -0.4 is 0 Å². The predicted molar refractivity (Wildman–Crippen MR) is 252 cm³/mol. The molecule has 0 heterocycles. The van der Waals surface area contributed by atoms with Gasteiger partial charge in [-0.2, -0.15) is 0 Å². The van der Waals surface area contributed by atoms with E-state index in [1.165, 1.54) is 180 Å². The van der Waals surface area contributed by atoms with Crippen LogP contribution in [0.3, 0.4) is 0 Å². The fraction of sp³-hybridized carbons (Fsp3) is 0.943. The molecule has 0 amide bonds. The van der Waals surface area contributed by atoms with Gasteiger partial charge in [0.05, 0.1) is 0 Å². The van der Waals surface area contributed by atoms with E-state index in [9.17, 15) is 14.4 Å². The lowest BCUT2D eigenvalue weighted by Gasteiger charge is -2.18. The largest absolute Gasteiger partial charge is 0.462 e. The molecule has 0 aromatic heterocycles. The van der Waals surface area contributed by atoms with Crippen LogP contribution in [0.2, 0.25) is 0 Å². The summed E-state index contributed by atoms with van der Waals surface area (Å²) in [5.41, 5.74) is 0. The van der Waals surface area contributed by atoms with Gasteiger partial charge in [-0.15, -0.1) is 0 Å². The predicted octanol–water partition coefficient (Wildman–Crippen LogP) is 16.9. The van der Waals surface area contributed by atoms with Gasteiger partial charge in [-0.1, -0.05) is 253 Å². The molecule has 0 aliphatic heterocycles. The van der Waals surface area contributed by atoms with Crippen molar-refractivity contribution in [2.45, 2.75) is 298 Å². The molecule has 0 saturated heterocycles. The number of ether oxygens (including phenoxy) is 3. The van der Waals surface area contributed by atoms with Crippen molar-refractivity contribution >= 4 is 17.9 Å². The van der Waals surface area contributed by atoms with Crippen molar-refractivity contribution in [1.29, 1.82) is 0 Å². The average Bonchev–Trinajstić information content (AvgIpc) is 3.22. The van der Waals surface area contributed by atoms with Crippen LogP contribution in [0.4, 0.5) is 0 Å². The molecule has 0 bridgehead atoms. The summed E-state index contributed by atoms with van der Waals surface area (Å²) in [6, 6.07) is 0. The molecule has 0 aromatic rings. The van der Waals surface area contributed by atoms with E-state index in [1.807, 2.05) is 0 Å². The number of hydrogen-bond acceptors (Lipinski definition) is 6. The van der Waals surface area contributed by atoms with Gasteiger partial charge in [-0.25, -0.2) is 0 Å². The highest BCUT2D eigenvalue weighted by Gasteiger charge is 2.19. The van der Waals surface area contributed by atoms with Crippen molar-refractivity contribution in [3.8, 4) is 0 Å². The maximum Gasteiger partial charge on any atom is 0.306 e. The van der Waals surface area contributed by atoms with Gasteiger partial charge in [0, 0.05) is 19.3 Å². The lowest BCUT2D eigenvalue weighted by Crippen LogP contribution is -2.30. The van der Waals surface area contributed by atoms with E-state index >= 15 is 0 Å². The Kier molecular flexibility index (Phi) is 44.7. The van der Waals surface area contributed by atoms with Gasteiger partial charge >= 0.3 is 17.9 Å². The number of unbranched alkanes of at least 4 members (excludes halogenated alkanes) is 31. The summed E-state index contributed by atoms with van der Waals surface area (Å²) in [6.45, 7) is 11.3. The Morgan fingerprint density at radius 1 is 0.356 bits per heavy atom. The maximum absolute atomic E-state index is 12.8. The van der Waals surface area contributed by atoms with E-state index in [0.717, 1.165) is 69.6 Å². The van der Waals surface area contributed by atoms with E-state index in [4.69, 9.17) is 14.2 Å². The van der Waals surface area contributed by atoms with E-state index in [-0.39, 0.29) is 31.1 Å². The molecule has 0 aromatic carbocycles. The van der Waals surface area contributed by atoms with Gasteiger partial charge in [0.15, 0.2) is 6.10 Å². The molecule has 0 fully saturated rings. The number of esters is 3. The zero-order valence-electron chi connectivity index (χ0n) is 40.4. The highest BCUT2D eigenvalue weighted by atomic mass is 16.6. The van der Waals surface area contributed by atoms with Crippen LogP contribution in [0.1, 0.15) is 291 Å². The molecule has 0 saturated carbocycles. The van der Waals surface area contributed by atoms with Crippen LogP contribution >= 0.6 is 0 Å². The smallest absolute Gasteiger partial charge is 0.306 e. The van der Waals surface area contributed by atoms with Crippen molar-refractivity contribution in [3.05, 3.63) is 0 Å². The number of hydrogen-bond donors (Lipinski definition) is 0. The number of carbonyl (C=O) groups excluding carboxylic acids is 3. The third-order valence-electron chi connectivity index (χ3n) is 12.3. The summed E-state index contributed by atoms with van der Waals surface area (Å²) in [6.07, 6.45) is 46.7. The van der Waals surface area contributed by atoms with Gasteiger partial charge in [0.2, 0.25) is 0 Å². The SMILES string of the molecule is CCCCCCCCCCCCCCCCCCCCC(=O)O[C@@H](COC(=O)CCCCCCCCCCCCC(C)C)COC(=O)CCCCCCCCC(C)CC. The summed E-state index contributed by atoms with van der Waals surface area (Å²) < 4.78 is 16.8. The number of rotatable bonds is 47. The Labute approximate surface area is 368 Å². The minimum Gasteiger partial charge on any atom is -0.462 e. The molecule has 0 aliphatic carbocycles. The van der Waals surface area contributed by atoms with Crippen LogP contribution in [-0.2, 0) is 28.6 Å². The lowest BCUT2D eigenvalue weighted by atomic mass is 10.00. The molecule has 0 N–H and O–H groups in total. The van der Waals surface area contributed by atoms with Gasteiger partial charge < -0.3 is 14.2 Å². The Morgan fingerprint density at radius 2 is 0.644 bits per heavy atom. The van der Waals surface area contributed by atoms with Crippen molar-refractivity contribution in [2.24, 2.45) is 11.8 Å². The van der Waals surface area contributed by atoms with Gasteiger partial charge in [-0.3, -0.25) is 14.4 Å². The second kappa shape index (κ2) is 45.9. The van der Waals surface area contributed by atoms with E-state index in [1.54, 1.807) is 0 Å². The molecular weight excluding hydrogens is 733 g/mol. The fourth-order valence-electron chi connectivity index (χ4n) is 7.96. The summed E-state index contributed by atoms with van der Waals surface area (Å²) in [7, 11) is 0. The van der Waals surface area contributed by atoms with Gasteiger partial charge in [-0.05, 0) is 31.1 Å². The maximum atomic E-state index is 12.8. The molecule has 0 aliphatic rings. The second-order valence-electron chi connectivity index (χ2n) is 18.9. The summed E-state index contributed by atoms with van der Waals surface area (Å²) in [5.74, 6) is 0.781. The monoisotopic (exact) mass is 835 g/mol. The summed E-state index contributed by atoms with van der Waals surface area (Å²) >= 11 is 0. The fourth-order valence-corrected chi connectivity index (χ4v) is 7.96. The molecule has 59 heavy (non-hydrogen) atoms. The van der Waals surface area contributed by atoms with Crippen LogP contribution in [0.25, 0.3) is 0 Å². The lowest BCUT2D eigenvalue weighted by molar-refractivity contribution is -0.167. The molecule has 2 atom stereocenters. The second-order valence-corrected chi connectivity index (χ2v) is 18.9. The van der Waals surface area contributed by atoms with Crippen LogP contribution in [-0.4, -0.2) is 37.2 Å². The molecule has 6 nitrogen and oxygen atoms in total. The van der Waals surface area contributed by atoms with E-state index in [2.05, 4.69) is 34.6 Å². The molecule has 0 spiro atoms. The molecule has 6 heteroatoms. The quantitative estimate of drug-likeness (QED) is 0.0345. The van der Waals surface area contributed by atoms with Crippen LogP contribution in [0.5, 0.6) is 0 Å². The van der Waals surface area contributed by atoms with E-state index in [0.29, 0.717) is 19.3 Å². The van der Waals surface area contributed by atoms with Gasteiger partial charge in [0.25, 0.3) is 0 Å². The molecule has 0 rings (SSSR count). The summed E-state index contributed by atoms with van der Waals surface area (Å²) in [5, 5.41) is 0.